The van der Waals surface area contributed by atoms with E-state index in [9.17, 15) is 9.59 Å². The molecule has 0 aliphatic carbocycles. The van der Waals surface area contributed by atoms with Gasteiger partial charge in [0.05, 0.1) is 23.1 Å². The van der Waals surface area contributed by atoms with Gasteiger partial charge in [0.25, 0.3) is 0 Å². The van der Waals surface area contributed by atoms with Crippen molar-refractivity contribution in [2.24, 2.45) is 0 Å². The van der Waals surface area contributed by atoms with Crippen molar-refractivity contribution in [1.29, 1.82) is 0 Å². The molecule has 1 aliphatic heterocycles. The second-order valence-corrected chi connectivity index (χ2v) is 7.16. The lowest BCUT2D eigenvalue weighted by Crippen LogP contribution is -2.37. The van der Waals surface area contributed by atoms with Gasteiger partial charge in [-0.25, -0.2) is 0 Å². The summed E-state index contributed by atoms with van der Waals surface area (Å²) in [5.41, 5.74) is 0.619. The highest BCUT2D eigenvalue weighted by Crippen LogP contribution is 2.25. The SMILES string of the molecule is CN(CC(=O)O)C1CCCN(CC(=O)Nc2ccc(Cl)c(Cl)c2)CC1.Cl. The summed E-state index contributed by atoms with van der Waals surface area (Å²) in [5, 5.41) is 12.6. The number of rotatable bonds is 6. The van der Waals surface area contributed by atoms with Gasteiger partial charge in [0.15, 0.2) is 0 Å². The molecule has 0 saturated carbocycles. The summed E-state index contributed by atoms with van der Waals surface area (Å²) in [6, 6.07) is 5.22. The number of carbonyl (C=O) groups is 2. The average Bonchev–Trinajstić information content (AvgIpc) is 2.76. The molecule has 1 amide bonds. The minimum absolute atomic E-state index is 0. The molecule has 1 aliphatic rings. The van der Waals surface area contributed by atoms with Crippen LogP contribution in [0, 0.1) is 0 Å². The van der Waals surface area contributed by atoms with Crippen LogP contribution < -0.4 is 5.32 Å². The number of carbonyl (C=O) groups excluding carboxylic acids is 1. The largest absolute Gasteiger partial charge is 0.480 e. The van der Waals surface area contributed by atoms with Crippen LogP contribution in [0.3, 0.4) is 0 Å². The van der Waals surface area contributed by atoms with Crippen LogP contribution in [0.4, 0.5) is 5.69 Å². The van der Waals surface area contributed by atoms with Crippen molar-refractivity contribution >= 4 is 53.2 Å². The number of benzene rings is 1. The number of aliphatic carboxylic acids is 1. The number of likely N-dealkylation sites (N-methyl/N-ethyl adjacent to an activating group) is 1. The zero-order valence-electron chi connectivity index (χ0n) is 14.6. The van der Waals surface area contributed by atoms with Gasteiger partial charge in [-0.1, -0.05) is 23.2 Å². The van der Waals surface area contributed by atoms with Gasteiger partial charge >= 0.3 is 5.97 Å². The van der Waals surface area contributed by atoms with Gasteiger partial charge in [0.2, 0.25) is 5.91 Å². The van der Waals surface area contributed by atoms with Gasteiger partial charge in [-0.15, -0.1) is 12.4 Å². The summed E-state index contributed by atoms with van der Waals surface area (Å²) in [5.74, 6) is -0.916. The molecule has 9 heteroatoms. The van der Waals surface area contributed by atoms with Crippen molar-refractivity contribution < 1.29 is 14.7 Å². The summed E-state index contributed by atoms with van der Waals surface area (Å²) < 4.78 is 0. The molecule has 0 radical (unpaired) electrons. The Hall–Kier alpha value is -1.05. The first-order chi connectivity index (χ1) is 11.8. The maximum absolute atomic E-state index is 12.2. The third-order valence-electron chi connectivity index (χ3n) is 4.37. The van der Waals surface area contributed by atoms with E-state index in [0.717, 1.165) is 32.4 Å². The van der Waals surface area contributed by atoms with Crippen molar-refractivity contribution in [2.45, 2.75) is 25.3 Å². The lowest BCUT2D eigenvalue weighted by atomic mass is 10.1. The molecule has 146 valence electrons. The molecule has 2 N–H and O–H groups in total. The van der Waals surface area contributed by atoms with Crippen LogP contribution in [0.15, 0.2) is 18.2 Å². The second kappa shape index (κ2) is 10.9. The van der Waals surface area contributed by atoms with Gasteiger partial charge in [0.1, 0.15) is 0 Å². The molecule has 1 atom stereocenters. The molecular formula is C17H24Cl3N3O3. The highest BCUT2D eigenvalue weighted by molar-refractivity contribution is 6.42. The van der Waals surface area contributed by atoms with Crippen LogP contribution in [-0.2, 0) is 9.59 Å². The van der Waals surface area contributed by atoms with Crippen molar-refractivity contribution in [3.63, 3.8) is 0 Å². The molecule has 0 bridgehead atoms. The van der Waals surface area contributed by atoms with Crippen LogP contribution >= 0.6 is 35.6 Å². The molecule has 1 heterocycles. The number of carboxylic acids is 1. The smallest absolute Gasteiger partial charge is 0.317 e. The van der Waals surface area contributed by atoms with Crippen LogP contribution in [-0.4, -0.2) is 66.1 Å². The first kappa shape index (κ1) is 23.0. The van der Waals surface area contributed by atoms with Crippen LogP contribution in [0.5, 0.6) is 0 Å². The number of hydrogen-bond acceptors (Lipinski definition) is 4. The normalized spacial score (nSPS) is 18.1. The van der Waals surface area contributed by atoms with E-state index in [2.05, 4.69) is 10.2 Å². The topological polar surface area (TPSA) is 72.9 Å². The Kier molecular flexibility index (Phi) is 9.68. The molecule has 1 fully saturated rings. The minimum Gasteiger partial charge on any atom is -0.480 e. The summed E-state index contributed by atoms with van der Waals surface area (Å²) >= 11 is 11.8. The Labute approximate surface area is 169 Å². The monoisotopic (exact) mass is 423 g/mol. The van der Waals surface area contributed by atoms with Crippen molar-refractivity contribution in [2.75, 3.05) is 38.5 Å². The van der Waals surface area contributed by atoms with Crippen molar-refractivity contribution in [3.05, 3.63) is 28.2 Å². The molecule has 2 rings (SSSR count). The maximum atomic E-state index is 12.2. The lowest BCUT2D eigenvalue weighted by molar-refractivity contribution is -0.138. The fourth-order valence-electron chi connectivity index (χ4n) is 3.06. The van der Waals surface area contributed by atoms with Crippen LogP contribution in [0.1, 0.15) is 19.3 Å². The Morgan fingerprint density at radius 1 is 1.27 bits per heavy atom. The molecule has 1 aromatic carbocycles. The van der Waals surface area contributed by atoms with E-state index in [1.165, 1.54) is 0 Å². The Morgan fingerprint density at radius 2 is 2.00 bits per heavy atom. The fourth-order valence-corrected chi connectivity index (χ4v) is 3.36. The van der Waals surface area contributed by atoms with E-state index in [-0.39, 0.29) is 30.9 Å². The van der Waals surface area contributed by atoms with E-state index in [1.807, 2.05) is 11.9 Å². The molecule has 1 unspecified atom stereocenters. The molecule has 1 saturated heterocycles. The highest BCUT2D eigenvalue weighted by Gasteiger charge is 2.22. The summed E-state index contributed by atoms with van der Waals surface area (Å²) in [7, 11) is 1.84. The zero-order valence-corrected chi connectivity index (χ0v) is 16.9. The Balaban J connectivity index is 0.00000338. The summed E-state index contributed by atoms with van der Waals surface area (Å²) in [6.07, 6.45) is 2.73. The quantitative estimate of drug-likeness (QED) is 0.733. The Morgan fingerprint density at radius 3 is 2.65 bits per heavy atom. The predicted octanol–water partition coefficient (Wildman–Crippen LogP) is 3.22. The minimum atomic E-state index is -0.815. The van der Waals surface area contributed by atoms with Gasteiger partial charge in [0, 0.05) is 18.3 Å². The molecule has 0 aromatic heterocycles. The maximum Gasteiger partial charge on any atom is 0.317 e. The number of amides is 1. The summed E-state index contributed by atoms with van der Waals surface area (Å²) in [6.45, 7) is 1.94. The van der Waals surface area contributed by atoms with E-state index in [1.54, 1.807) is 18.2 Å². The third-order valence-corrected chi connectivity index (χ3v) is 5.11. The number of nitrogens with one attached hydrogen (secondary N) is 1. The fraction of sp³-hybridized carbons (Fsp3) is 0.529. The standard InChI is InChI=1S/C17H23Cl2N3O3.ClH/c1-21(11-17(24)25)13-3-2-7-22(8-6-13)10-16(23)20-12-4-5-14(18)15(19)9-12;/h4-5,9,13H,2-3,6-8,10-11H2,1H3,(H,20,23)(H,24,25);1H. The van der Waals surface area contributed by atoms with Crippen molar-refractivity contribution in [3.8, 4) is 0 Å². The third kappa shape index (κ3) is 7.29. The van der Waals surface area contributed by atoms with Gasteiger partial charge in [-0.05, 0) is 51.1 Å². The van der Waals surface area contributed by atoms with E-state index in [0.29, 0.717) is 22.3 Å². The first-order valence-corrected chi connectivity index (χ1v) is 9.00. The summed E-state index contributed by atoms with van der Waals surface area (Å²) in [4.78, 5) is 27.1. The molecule has 1 aromatic rings. The van der Waals surface area contributed by atoms with Crippen LogP contribution in [0.2, 0.25) is 10.0 Å². The van der Waals surface area contributed by atoms with Gasteiger partial charge in [-0.2, -0.15) is 0 Å². The number of hydrogen-bond donors (Lipinski definition) is 2. The lowest BCUT2D eigenvalue weighted by Gasteiger charge is -2.25. The molecular weight excluding hydrogens is 401 g/mol. The van der Waals surface area contributed by atoms with E-state index >= 15 is 0 Å². The highest BCUT2D eigenvalue weighted by atomic mass is 35.5. The molecule has 0 spiro atoms. The van der Waals surface area contributed by atoms with Gasteiger partial charge in [-0.3, -0.25) is 19.4 Å². The number of nitrogens with zero attached hydrogens (tertiary/aromatic N) is 2. The zero-order chi connectivity index (χ0) is 18.4. The number of halogens is 3. The predicted molar refractivity (Wildman–Crippen MR) is 107 cm³/mol. The first-order valence-electron chi connectivity index (χ1n) is 8.24. The average molecular weight is 425 g/mol. The second-order valence-electron chi connectivity index (χ2n) is 6.35. The number of carboxylic acid groups (broad SMARTS) is 1. The molecule has 6 nitrogen and oxygen atoms in total. The van der Waals surface area contributed by atoms with E-state index < -0.39 is 5.97 Å². The van der Waals surface area contributed by atoms with Gasteiger partial charge < -0.3 is 10.4 Å². The Bertz CT molecular complexity index is 631. The number of likely N-dealkylation sites (tertiary alicyclic amines) is 1. The van der Waals surface area contributed by atoms with Crippen LogP contribution in [0.25, 0.3) is 0 Å². The number of anilines is 1. The molecule has 26 heavy (non-hydrogen) atoms. The van der Waals surface area contributed by atoms with Crippen molar-refractivity contribution in [1.82, 2.24) is 9.80 Å². The van der Waals surface area contributed by atoms with E-state index in [4.69, 9.17) is 28.3 Å².